The smallest absolute Gasteiger partial charge is 0.155 e. The average molecular weight is 637 g/mol. The van der Waals surface area contributed by atoms with Gasteiger partial charge in [-0.2, -0.15) is 5.26 Å². The van der Waals surface area contributed by atoms with Gasteiger partial charge in [0, 0.05) is 30.8 Å². The van der Waals surface area contributed by atoms with E-state index in [1.54, 1.807) is 14.2 Å². The molecule has 0 spiro atoms. The molecule has 0 N–H and O–H groups in total. The van der Waals surface area contributed by atoms with E-state index in [0.29, 0.717) is 52.5 Å². The zero-order valence-electron chi connectivity index (χ0n) is 27.6. The second-order valence-electron chi connectivity index (χ2n) is 11.3. The van der Waals surface area contributed by atoms with Gasteiger partial charge < -0.3 is 28.2 Å². The van der Waals surface area contributed by atoms with Crippen molar-refractivity contribution in [3.05, 3.63) is 95.6 Å². The standard InChI is InChI=1S/C36H49N2O6P/c1-29(2)45(39,30(3)4)38(22-10-21-37)23-24-42-25-26-43-27-28-44-36(31-11-8-7-9-12-31,32-13-17-34(40-5)18-14-32)33-15-19-35(41-6)20-16-33/h7-9,11-20,29-30H,10,22-28H2,1-6H3. The summed E-state index contributed by atoms with van der Waals surface area (Å²) in [6.45, 7) is 10.9. The maximum Gasteiger partial charge on any atom is 0.155 e. The van der Waals surface area contributed by atoms with Crippen LogP contribution in [-0.4, -0.2) is 76.3 Å². The molecule has 0 aliphatic rings. The number of methoxy groups -OCH3 is 2. The van der Waals surface area contributed by atoms with Crippen molar-refractivity contribution in [1.82, 2.24) is 4.67 Å². The van der Waals surface area contributed by atoms with Crippen molar-refractivity contribution >= 4 is 7.29 Å². The van der Waals surface area contributed by atoms with Gasteiger partial charge in [0.1, 0.15) is 17.1 Å². The summed E-state index contributed by atoms with van der Waals surface area (Å²) >= 11 is 0. The number of hydrogen-bond acceptors (Lipinski definition) is 7. The summed E-state index contributed by atoms with van der Waals surface area (Å²) in [5.74, 6) is 1.53. The van der Waals surface area contributed by atoms with E-state index in [-0.39, 0.29) is 11.3 Å². The fraction of sp³-hybridized carbons (Fsp3) is 0.472. The minimum absolute atomic E-state index is 0.0124. The third kappa shape index (κ3) is 9.19. The maximum atomic E-state index is 13.8. The van der Waals surface area contributed by atoms with Gasteiger partial charge in [0.15, 0.2) is 7.29 Å². The van der Waals surface area contributed by atoms with Gasteiger partial charge in [-0.1, -0.05) is 82.3 Å². The normalized spacial score (nSPS) is 12.1. The monoisotopic (exact) mass is 636 g/mol. The molecule has 0 atom stereocenters. The summed E-state index contributed by atoms with van der Waals surface area (Å²) in [7, 11) is 0.673. The molecule has 0 amide bonds. The van der Waals surface area contributed by atoms with Crippen LogP contribution in [0.1, 0.15) is 50.8 Å². The Hall–Kier alpha value is -3.18. The lowest BCUT2D eigenvalue weighted by Gasteiger charge is -2.37. The van der Waals surface area contributed by atoms with Crippen molar-refractivity contribution in [2.24, 2.45) is 0 Å². The number of rotatable bonds is 20. The lowest BCUT2D eigenvalue weighted by atomic mass is 9.80. The SMILES string of the molecule is COc1ccc(C(OCCOCCOCCN(CCC#N)P(=O)(C(C)C)C(C)C)(c2ccccc2)c2ccc(OC)cc2)cc1. The van der Waals surface area contributed by atoms with E-state index in [2.05, 4.69) is 18.2 Å². The van der Waals surface area contributed by atoms with Gasteiger partial charge in [-0.3, -0.25) is 0 Å². The number of ether oxygens (including phenoxy) is 5. The molecule has 3 aromatic rings. The minimum atomic E-state index is -2.63. The topological polar surface area (TPSA) is 90.3 Å². The van der Waals surface area contributed by atoms with E-state index in [9.17, 15) is 4.57 Å². The first kappa shape index (κ1) is 36.3. The summed E-state index contributed by atoms with van der Waals surface area (Å²) in [6, 6.07) is 28.2. The Bertz CT molecular complexity index is 1300. The largest absolute Gasteiger partial charge is 0.497 e. The molecule has 9 heteroatoms. The highest BCUT2D eigenvalue weighted by Crippen LogP contribution is 2.58. The molecule has 0 aliphatic carbocycles. The van der Waals surface area contributed by atoms with Gasteiger partial charge in [0.05, 0.1) is 53.3 Å². The molecule has 0 radical (unpaired) electrons. The molecule has 3 aromatic carbocycles. The zero-order valence-corrected chi connectivity index (χ0v) is 28.5. The highest BCUT2D eigenvalue weighted by atomic mass is 31.2. The van der Waals surface area contributed by atoms with Gasteiger partial charge in [0.2, 0.25) is 0 Å². The van der Waals surface area contributed by atoms with E-state index in [4.69, 9.17) is 28.9 Å². The molecule has 0 heterocycles. The predicted molar refractivity (Wildman–Crippen MR) is 180 cm³/mol. The molecule has 45 heavy (non-hydrogen) atoms. The molecule has 0 aliphatic heterocycles. The van der Waals surface area contributed by atoms with E-state index in [1.807, 2.05) is 99.1 Å². The summed E-state index contributed by atoms with van der Waals surface area (Å²) in [6.07, 6.45) is 0.337. The lowest BCUT2D eigenvalue weighted by Crippen LogP contribution is -2.34. The van der Waals surface area contributed by atoms with Crippen LogP contribution in [0.2, 0.25) is 0 Å². The molecule has 0 unspecified atom stereocenters. The first-order valence-corrected chi connectivity index (χ1v) is 17.4. The second kappa shape index (κ2) is 18.1. The second-order valence-corrected chi connectivity index (χ2v) is 15.3. The van der Waals surface area contributed by atoms with Crippen LogP contribution >= 0.6 is 7.29 Å². The first-order chi connectivity index (χ1) is 21.7. The molecule has 0 aromatic heterocycles. The van der Waals surface area contributed by atoms with E-state index in [1.165, 1.54) is 0 Å². The average Bonchev–Trinajstić information content (AvgIpc) is 3.07. The van der Waals surface area contributed by atoms with Gasteiger partial charge in [-0.25, -0.2) is 4.67 Å². The fourth-order valence-corrected chi connectivity index (χ4v) is 8.98. The highest BCUT2D eigenvalue weighted by Gasteiger charge is 2.38. The van der Waals surface area contributed by atoms with Crippen LogP contribution in [0.3, 0.4) is 0 Å². The Morgan fingerprint density at radius 2 is 1.16 bits per heavy atom. The van der Waals surface area contributed by atoms with Crippen LogP contribution in [-0.2, 0) is 24.4 Å². The van der Waals surface area contributed by atoms with Crippen molar-refractivity contribution in [3.8, 4) is 17.6 Å². The summed E-state index contributed by atoms with van der Waals surface area (Å²) in [5.41, 5.74) is 2.04. The molecular weight excluding hydrogens is 587 g/mol. The summed E-state index contributed by atoms with van der Waals surface area (Å²) in [4.78, 5) is 0. The van der Waals surface area contributed by atoms with Crippen LogP contribution in [0.4, 0.5) is 0 Å². The molecule has 0 bridgehead atoms. The Labute approximate surface area is 269 Å². The number of nitrogens with zero attached hydrogens (tertiary/aromatic N) is 2. The molecule has 0 saturated heterocycles. The molecule has 244 valence electrons. The van der Waals surface area contributed by atoms with Crippen LogP contribution < -0.4 is 9.47 Å². The van der Waals surface area contributed by atoms with Crippen LogP contribution in [0.5, 0.6) is 11.5 Å². The molecule has 0 fully saturated rings. The Morgan fingerprint density at radius 3 is 1.62 bits per heavy atom. The summed E-state index contributed by atoms with van der Waals surface area (Å²) in [5, 5.41) is 9.12. The van der Waals surface area contributed by atoms with Crippen LogP contribution in [0.25, 0.3) is 0 Å². The van der Waals surface area contributed by atoms with Gasteiger partial charge in [-0.15, -0.1) is 0 Å². The predicted octanol–water partition coefficient (Wildman–Crippen LogP) is 7.36. The lowest BCUT2D eigenvalue weighted by molar-refractivity contribution is -0.0336. The number of benzene rings is 3. The molecule has 3 rings (SSSR count). The fourth-order valence-electron chi connectivity index (χ4n) is 5.67. The summed E-state index contributed by atoms with van der Waals surface area (Å²) < 4.78 is 45.2. The quantitative estimate of drug-likeness (QED) is 0.0722. The first-order valence-electron chi connectivity index (χ1n) is 15.6. The van der Waals surface area contributed by atoms with Crippen molar-refractivity contribution in [2.45, 2.75) is 51.0 Å². The Morgan fingerprint density at radius 1 is 0.689 bits per heavy atom. The maximum absolute atomic E-state index is 13.8. The van der Waals surface area contributed by atoms with E-state index < -0.39 is 12.9 Å². The third-order valence-electron chi connectivity index (χ3n) is 7.99. The van der Waals surface area contributed by atoms with Crippen LogP contribution in [0, 0.1) is 11.3 Å². The number of nitriles is 1. The molecule has 8 nitrogen and oxygen atoms in total. The van der Waals surface area contributed by atoms with Gasteiger partial charge in [-0.05, 0) is 41.0 Å². The number of hydrogen-bond donors (Lipinski definition) is 0. The van der Waals surface area contributed by atoms with Crippen LogP contribution in [0.15, 0.2) is 78.9 Å². The molecular formula is C36H49N2O6P. The van der Waals surface area contributed by atoms with Gasteiger partial charge in [0.25, 0.3) is 0 Å². The van der Waals surface area contributed by atoms with E-state index in [0.717, 1.165) is 28.2 Å². The Balaban J connectivity index is 1.65. The van der Waals surface area contributed by atoms with Crippen molar-refractivity contribution in [1.29, 1.82) is 5.26 Å². The van der Waals surface area contributed by atoms with Crippen molar-refractivity contribution < 1.29 is 28.2 Å². The highest BCUT2D eigenvalue weighted by molar-refractivity contribution is 7.62. The molecule has 0 saturated carbocycles. The van der Waals surface area contributed by atoms with Crippen molar-refractivity contribution in [2.75, 3.05) is 60.3 Å². The minimum Gasteiger partial charge on any atom is -0.497 e. The Kier molecular flexibility index (Phi) is 14.6. The van der Waals surface area contributed by atoms with E-state index >= 15 is 0 Å². The van der Waals surface area contributed by atoms with Gasteiger partial charge >= 0.3 is 0 Å². The third-order valence-corrected chi connectivity index (χ3v) is 12.2. The zero-order chi connectivity index (χ0) is 32.7. The van der Waals surface area contributed by atoms with Crippen molar-refractivity contribution in [3.63, 3.8) is 0 Å².